The van der Waals surface area contributed by atoms with Gasteiger partial charge in [0.2, 0.25) is 0 Å². The largest absolute Gasteiger partial charge is 0.401 e. The van der Waals surface area contributed by atoms with Gasteiger partial charge in [-0.25, -0.2) is 0 Å². The standard InChI is InChI=1S/C8H17F3N2/c1-4-7(2,12)5-13(3)6-8(9,10)11/h4-6,12H2,1-3H3. The summed E-state index contributed by atoms with van der Waals surface area (Å²) in [6, 6.07) is 0. The summed E-state index contributed by atoms with van der Waals surface area (Å²) < 4.78 is 35.7. The first-order valence-corrected chi connectivity index (χ1v) is 4.20. The van der Waals surface area contributed by atoms with Crippen LogP contribution in [-0.4, -0.2) is 36.8 Å². The molecular formula is C8H17F3N2. The minimum Gasteiger partial charge on any atom is -0.324 e. The van der Waals surface area contributed by atoms with Crippen LogP contribution in [0.5, 0.6) is 0 Å². The Morgan fingerprint density at radius 2 is 1.69 bits per heavy atom. The van der Waals surface area contributed by atoms with Crippen molar-refractivity contribution < 1.29 is 13.2 Å². The van der Waals surface area contributed by atoms with Gasteiger partial charge < -0.3 is 5.73 Å². The van der Waals surface area contributed by atoms with Crippen LogP contribution in [0.4, 0.5) is 13.2 Å². The van der Waals surface area contributed by atoms with Crippen LogP contribution >= 0.6 is 0 Å². The molecule has 1 unspecified atom stereocenters. The lowest BCUT2D eigenvalue weighted by Crippen LogP contribution is -2.48. The van der Waals surface area contributed by atoms with E-state index < -0.39 is 18.3 Å². The summed E-state index contributed by atoms with van der Waals surface area (Å²) in [6.45, 7) is 2.96. The fourth-order valence-corrected chi connectivity index (χ4v) is 1.09. The Morgan fingerprint density at radius 3 is 2.00 bits per heavy atom. The number of halogens is 3. The molecule has 0 spiro atoms. The van der Waals surface area contributed by atoms with Crippen molar-refractivity contribution in [3.8, 4) is 0 Å². The minimum absolute atomic E-state index is 0.253. The molecule has 0 aliphatic rings. The Balaban J connectivity index is 3.94. The summed E-state index contributed by atoms with van der Waals surface area (Å²) in [5, 5.41) is 0. The Hall–Kier alpha value is -0.290. The maximum absolute atomic E-state index is 11.9. The van der Waals surface area contributed by atoms with E-state index in [-0.39, 0.29) is 6.54 Å². The maximum atomic E-state index is 11.9. The maximum Gasteiger partial charge on any atom is 0.401 e. The molecule has 0 bridgehead atoms. The van der Waals surface area contributed by atoms with Gasteiger partial charge in [0.05, 0.1) is 6.54 Å². The highest BCUT2D eigenvalue weighted by molar-refractivity contribution is 4.80. The molecule has 0 aliphatic carbocycles. The molecule has 0 amide bonds. The molecule has 0 aromatic heterocycles. The average molecular weight is 198 g/mol. The van der Waals surface area contributed by atoms with Crippen LogP contribution in [0.15, 0.2) is 0 Å². The molecule has 0 aliphatic heterocycles. The van der Waals surface area contributed by atoms with Crippen molar-refractivity contribution >= 4 is 0 Å². The third-order valence-electron chi connectivity index (χ3n) is 1.89. The molecule has 13 heavy (non-hydrogen) atoms. The van der Waals surface area contributed by atoms with Gasteiger partial charge in [-0.2, -0.15) is 13.2 Å². The summed E-state index contributed by atoms with van der Waals surface area (Å²) in [7, 11) is 1.42. The second kappa shape index (κ2) is 4.28. The van der Waals surface area contributed by atoms with Crippen molar-refractivity contribution in [2.24, 2.45) is 5.73 Å². The molecule has 0 rings (SSSR count). The minimum atomic E-state index is -4.14. The molecule has 0 aromatic rings. The molecule has 0 fully saturated rings. The highest BCUT2D eigenvalue weighted by Gasteiger charge is 2.31. The summed E-state index contributed by atoms with van der Waals surface area (Å²) in [4.78, 5) is 1.20. The van der Waals surface area contributed by atoms with Gasteiger partial charge in [0.25, 0.3) is 0 Å². The van der Waals surface area contributed by atoms with E-state index in [9.17, 15) is 13.2 Å². The van der Waals surface area contributed by atoms with Gasteiger partial charge in [-0.1, -0.05) is 6.92 Å². The van der Waals surface area contributed by atoms with E-state index in [0.717, 1.165) is 0 Å². The Morgan fingerprint density at radius 1 is 1.23 bits per heavy atom. The molecule has 0 aromatic carbocycles. The topological polar surface area (TPSA) is 29.3 Å². The van der Waals surface area contributed by atoms with E-state index in [1.165, 1.54) is 11.9 Å². The van der Waals surface area contributed by atoms with Gasteiger partial charge in [0, 0.05) is 12.1 Å². The number of rotatable bonds is 4. The fourth-order valence-electron chi connectivity index (χ4n) is 1.09. The normalized spacial score (nSPS) is 17.5. The lowest BCUT2D eigenvalue weighted by atomic mass is 10.0. The van der Waals surface area contributed by atoms with Crippen LogP contribution in [0.25, 0.3) is 0 Å². The second-order valence-electron chi connectivity index (χ2n) is 3.80. The van der Waals surface area contributed by atoms with Crippen LogP contribution in [0.2, 0.25) is 0 Å². The summed E-state index contributed by atoms with van der Waals surface area (Å²) in [6.07, 6.45) is -3.48. The molecular weight excluding hydrogens is 181 g/mol. The lowest BCUT2D eigenvalue weighted by Gasteiger charge is -2.29. The van der Waals surface area contributed by atoms with E-state index >= 15 is 0 Å². The smallest absolute Gasteiger partial charge is 0.324 e. The lowest BCUT2D eigenvalue weighted by molar-refractivity contribution is -0.144. The van der Waals surface area contributed by atoms with Crippen molar-refractivity contribution in [2.45, 2.75) is 32.0 Å². The van der Waals surface area contributed by atoms with Gasteiger partial charge in [0.15, 0.2) is 0 Å². The third-order valence-corrected chi connectivity index (χ3v) is 1.89. The molecule has 0 saturated heterocycles. The zero-order valence-electron chi connectivity index (χ0n) is 8.28. The van der Waals surface area contributed by atoms with Crippen molar-refractivity contribution in [3.63, 3.8) is 0 Å². The Bertz CT molecular complexity index is 154. The molecule has 1 atom stereocenters. The summed E-state index contributed by atoms with van der Waals surface area (Å²) >= 11 is 0. The quantitative estimate of drug-likeness (QED) is 0.743. The Kier molecular flexibility index (Phi) is 4.19. The van der Waals surface area contributed by atoms with Gasteiger partial charge >= 0.3 is 6.18 Å². The van der Waals surface area contributed by atoms with Crippen LogP contribution in [-0.2, 0) is 0 Å². The molecule has 0 saturated carbocycles. The van der Waals surface area contributed by atoms with E-state index in [4.69, 9.17) is 5.73 Å². The third kappa shape index (κ3) is 6.83. The monoisotopic (exact) mass is 198 g/mol. The highest BCUT2D eigenvalue weighted by Crippen LogP contribution is 2.17. The predicted molar refractivity (Wildman–Crippen MR) is 46.4 cm³/mol. The molecule has 0 heterocycles. The van der Waals surface area contributed by atoms with Gasteiger partial charge in [0.1, 0.15) is 0 Å². The molecule has 2 N–H and O–H groups in total. The average Bonchev–Trinajstić information content (AvgIpc) is 1.81. The van der Waals surface area contributed by atoms with Crippen molar-refractivity contribution in [2.75, 3.05) is 20.1 Å². The summed E-state index contributed by atoms with van der Waals surface area (Å²) in [5.74, 6) is 0. The van der Waals surface area contributed by atoms with E-state index in [0.29, 0.717) is 6.42 Å². The number of hydrogen-bond donors (Lipinski definition) is 1. The number of likely N-dealkylation sites (N-methyl/N-ethyl adjacent to an activating group) is 1. The zero-order chi connectivity index (χ0) is 10.7. The highest BCUT2D eigenvalue weighted by atomic mass is 19.4. The van der Waals surface area contributed by atoms with Crippen molar-refractivity contribution in [3.05, 3.63) is 0 Å². The number of nitrogens with zero attached hydrogens (tertiary/aromatic N) is 1. The van der Waals surface area contributed by atoms with Crippen LogP contribution in [0.1, 0.15) is 20.3 Å². The molecule has 80 valence electrons. The molecule has 2 nitrogen and oxygen atoms in total. The summed E-state index contributed by atoms with van der Waals surface area (Å²) in [5.41, 5.74) is 5.19. The van der Waals surface area contributed by atoms with Gasteiger partial charge in [-0.15, -0.1) is 0 Å². The fraction of sp³-hybridized carbons (Fsp3) is 1.00. The SMILES string of the molecule is CCC(C)(N)CN(C)CC(F)(F)F. The predicted octanol–water partition coefficient (Wildman–Crippen LogP) is 1.61. The number of alkyl halides is 3. The molecule has 0 radical (unpaired) electrons. The zero-order valence-corrected chi connectivity index (χ0v) is 8.28. The Labute approximate surface area is 76.9 Å². The first-order valence-electron chi connectivity index (χ1n) is 4.20. The van der Waals surface area contributed by atoms with Crippen molar-refractivity contribution in [1.82, 2.24) is 4.90 Å². The number of hydrogen-bond acceptors (Lipinski definition) is 2. The second-order valence-corrected chi connectivity index (χ2v) is 3.80. The van der Waals surface area contributed by atoms with Gasteiger partial charge in [-0.3, -0.25) is 4.90 Å². The van der Waals surface area contributed by atoms with E-state index in [1.807, 2.05) is 6.92 Å². The van der Waals surface area contributed by atoms with Crippen molar-refractivity contribution in [1.29, 1.82) is 0 Å². The first kappa shape index (κ1) is 12.7. The molecule has 5 heteroatoms. The van der Waals surface area contributed by atoms with Crippen LogP contribution < -0.4 is 5.73 Å². The number of nitrogens with two attached hydrogens (primary N) is 1. The van der Waals surface area contributed by atoms with Crippen LogP contribution in [0.3, 0.4) is 0 Å². The van der Waals surface area contributed by atoms with E-state index in [1.54, 1.807) is 6.92 Å². The first-order chi connectivity index (χ1) is 5.66. The van der Waals surface area contributed by atoms with Crippen LogP contribution in [0, 0.1) is 0 Å². The van der Waals surface area contributed by atoms with E-state index in [2.05, 4.69) is 0 Å². The van der Waals surface area contributed by atoms with Gasteiger partial charge in [-0.05, 0) is 20.4 Å².